The van der Waals surface area contributed by atoms with E-state index in [0.29, 0.717) is 6.54 Å². The van der Waals surface area contributed by atoms with Gasteiger partial charge in [-0.25, -0.2) is 0 Å². The highest BCUT2D eigenvalue weighted by molar-refractivity contribution is 9.10. The Morgan fingerprint density at radius 3 is 2.80 bits per heavy atom. The lowest BCUT2D eigenvalue weighted by molar-refractivity contribution is 0.106. The second kappa shape index (κ2) is 6.20. The lowest BCUT2D eigenvalue weighted by Crippen LogP contribution is -2.22. The molecule has 0 saturated carbocycles. The van der Waals surface area contributed by atoms with E-state index in [1.807, 2.05) is 6.07 Å². The third-order valence-corrected chi connectivity index (χ3v) is 2.91. The Hall–Kier alpha value is -0.450. The van der Waals surface area contributed by atoms with Gasteiger partial charge in [0.05, 0.1) is 6.10 Å². The number of aliphatic hydroxyl groups is 1. The van der Waals surface area contributed by atoms with E-state index in [2.05, 4.69) is 27.8 Å². The molecule has 1 heterocycles. The molecule has 0 aromatic carbocycles. The van der Waals surface area contributed by atoms with Crippen molar-refractivity contribution in [3.63, 3.8) is 0 Å². The number of hydrogen-bond acceptors (Lipinski definition) is 3. The molecule has 3 nitrogen and oxygen atoms in total. The fourth-order valence-electron chi connectivity index (χ4n) is 1.64. The van der Waals surface area contributed by atoms with Crippen LogP contribution in [-0.4, -0.2) is 16.6 Å². The summed E-state index contributed by atoms with van der Waals surface area (Å²) < 4.78 is 0.881. The molecule has 0 aliphatic heterocycles. The minimum Gasteiger partial charge on any atom is -0.388 e. The fraction of sp³-hybridized carbons (Fsp3) is 0.545. The summed E-state index contributed by atoms with van der Waals surface area (Å²) >= 11 is 3.34. The zero-order valence-corrected chi connectivity index (χ0v) is 10.4. The molecule has 0 fully saturated rings. The number of nitrogens with zero attached hydrogens (tertiary/aromatic N) is 1. The van der Waals surface area contributed by atoms with Crippen molar-refractivity contribution >= 4 is 15.9 Å². The van der Waals surface area contributed by atoms with Gasteiger partial charge in [0, 0.05) is 28.3 Å². The number of hydrogen-bond donors (Lipinski definition) is 2. The van der Waals surface area contributed by atoms with Crippen molar-refractivity contribution < 1.29 is 5.11 Å². The molecule has 0 radical (unpaired) electrons. The van der Waals surface area contributed by atoms with E-state index >= 15 is 0 Å². The van der Waals surface area contributed by atoms with Gasteiger partial charge in [-0.15, -0.1) is 0 Å². The average molecular weight is 273 g/mol. The minimum absolute atomic E-state index is 0.117. The van der Waals surface area contributed by atoms with Crippen molar-refractivity contribution in [2.24, 2.45) is 11.7 Å². The molecule has 0 bridgehead atoms. The Labute approximate surface area is 98.8 Å². The average Bonchev–Trinajstić information content (AvgIpc) is 2.25. The summed E-state index contributed by atoms with van der Waals surface area (Å²) in [5, 5.41) is 10.1. The molecule has 1 aromatic rings. The van der Waals surface area contributed by atoms with Crippen LogP contribution in [0.15, 0.2) is 22.9 Å². The van der Waals surface area contributed by atoms with Crippen LogP contribution < -0.4 is 5.73 Å². The van der Waals surface area contributed by atoms with Crippen molar-refractivity contribution in [3.05, 3.63) is 28.5 Å². The molecule has 3 N–H and O–H groups in total. The van der Waals surface area contributed by atoms with Crippen LogP contribution in [0.4, 0.5) is 0 Å². The maximum atomic E-state index is 10.1. The summed E-state index contributed by atoms with van der Waals surface area (Å²) in [5.74, 6) is 0.117. The smallest absolute Gasteiger partial charge is 0.0845 e. The highest BCUT2D eigenvalue weighted by atomic mass is 79.9. The van der Waals surface area contributed by atoms with Crippen LogP contribution in [0.3, 0.4) is 0 Å². The number of pyridine rings is 1. The maximum absolute atomic E-state index is 10.1. The molecule has 1 aromatic heterocycles. The monoisotopic (exact) mass is 272 g/mol. The molecular formula is C11H17BrN2O. The van der Waals surface area contributed by atoms with E-state index in [4.69, 9.17) is 5.73 Å². The predicted molar refractivity (Wildman–Crippen MR) is 64.3 cm³/mol. The van der Waals surface area contributed by atoms with E-state index < -0.39 is 6.10 Å². The van der Waals surface area contributed by atoms with Crippen LogP contribution in [0, 0.1) is 5.92 Å². The van der Waals surface area contributed by atoms with Gasteiger partial charge in [-0.2, -0.15) is 0 Å². The highest BCUT2D eigenvalue weighted by Crippen LogP contribution is 2.25. The van der Waals surface area contributed by atoms with E-state index in [9.17, 15) is 5.11 Å². The molecule has 2 unspecified atom stereocenters. The molecule has 0 aliphatic rings. The van der Waals surface area contributed by atoms with Gasteiger partial charge in [0.1, 0.15) is 0 Å². The molecule has 1 rings (SSSR count). The number of aromatic nitrogens is 1. The number of aliphatic hydroxyl groups excluding tert-OH is 1. The molecule has 0 spiro atoms. The maximum Gasteiger partial charge on any atom is 0.0845 e. The molecule has 0 aliphatic carbocycles. The largest absolute Gasteiger partial charge is 0.388 e. The Bertz CT molecular complexity index is 306. The van der Waals surface area contributed by atoms with E-state index in [0.717, 1.165) is 22.9 Å². The first-order valence-electron chi connectivity index (χ1n) is 5.17. The number of nitrogens with two attached hydrogens (primary N) is 1. The van der Waals surface area contributed by atoms with Gasteiger partial charge in [-0.1, -0.05) is 13.3 Å². The van der Waals surface area contributed by atoms with Crippen LogP contribution in [0.5, 0.6) is 0 Å². The summed E-state index contributed by atoms with van der Waals surface area (Å²) in [5.41, 5.74) is 6.47. The quantitative estimate of drug-likeness (QED) is 0.865. The molecule has 84 valence electrons. The van der Waals surface area contributed by atoms with E-state index in [1.165, 1.54) is 0 Å². The Balaban J connectivity index is 2.77. The van der Waals surface area contributed by atoms with Crippen LogP contribution in [0.2, 0.25) is 0 Å². The standard InChI is InChI=1S/C11H17BrN2O/c1-2-3-8(5-13)11(15)9-4-10(12)7-14-6-9/h4,6-8,11,15H,2-3,5,13H2,1H3. The Morgan fingerprint density at radius 2 is 2.27 bits per heavy atom. The molecule has 0 amide bonds. The number of halogens is 1. The topological polar surface area (TPSA) is 59.1 Å². The van der Waals surface area contributed by atoms with Crippen molar-refractivity contribution in [2.75, 3.05) is 6.54 Å². The molecule has 4 heteroatoms. The predicted octanol–water partition coefficient (Wildman–Crippen LogP) is 2.25. The van der Waals surface area contributed by atoms with Gasteiger partial charge in [-0.3, -0.25) is 4.98 Å². The van der Waals surface area contributed by atoms with Crippen molar-refractivity contribution in [1.82, 2.24) is 4.98 Å². The van der Waals surface area contributed by atoms with Crippen LogP contribution in [-0.2, 0) is 0 Å². The van der Waals surface area contributed by atoms with Gasteiger partial charge < -0.3 is 10.8 Å². The third-order valence-electron chi connectivity index (χ3n) is 2.48. The first-order chi connectivity index (χ1) is 7.19. The summed E-state index contributed by atoms with van der Waals surface area (Å²) in [6, 6.07) is 1.88. The van der Waals surface area contributed by atoms with Crippen LogP contribution in [0.25, 0.3) is 0 Å². The Kier molecular flexibility index (Phi) is 5.22. The fourth-order valence-corrected chi connectivity index (χ4v) is 2.02. The second-order valence-corrected chi connectivity index (χ2v) is 4.58. The van der Waals surface area contributed by atoms with Crippen molar-refractivity contribution in [2.45, 2.75) is 25.9 Å². The van der Waals surface area contributed by atoms with Crippen molar-refractivity contribution in [1.29, 1.82) is 0 Å². The van der Waals surface area contributed by atoms with Gasteiger partial charge >= 0.3 is 0 Å². The zero-order chi connectivity index (χ0) is 11.3. The van der Waals surface area contributed by atoms with Gasteiger partial charge in [0.15, 0.2) is 0 Å². The summed E-state index contributed by atoms with van der Waals surface area (Å²) in [6.45, 7) is 2.59. The van der Waals surface area contributed by atoms with E-state index in [-0.39, 0.29) is 5.92 Å². The summed E-state index contributed by atoms with van der Waals surface area (Å²) in [4.78, 5) is 4.03. The molecule has 0 saturated heterocycles. The third kappa shape index (κ3) is 3.55. The van der Waals surface area contributed by atoms with Crippen molar-refractivity contribution in [3.8, 4) is 0 Å². The first-order valence-corrected chi connectivity index (χ1v) is 5.97. The lowest BCUT2D eigenvalue weighted by Gasteiger charge is -2.20. The highest BCUT2D eigenvalue weighted by Gasteiger charge is 2.19. The summed E-state index contributed by atoms with van der Waals surface area (Å²) in [7, 11) is 0. The molecule has 15 heavy (non-hydrogen) atoms. The SMILES string of the molecule is CCCC(CN)C(O)c1cncc(Br)c1. The van der Waals surface area contributed by atoms with Gasteiger partial charge in [0.25, 0.3) is 0 Å². The summed E-state index contributed by atoms with van der Waals surface area (Å²) in [6.07, 6.45) is 4.84. The van der Waals surface area contributed by atoms with E-state index in [1.54, 1.807) is 12.4 Å². The van der Waals surface area contributed by atoms with Gasteiger partial charge in [0.2, 0.25) is 0 Å². The zero-order valence-electron chi connectivity index (χ0n) is 8.86. The normalized spacial score (nSPS) is 14.9. The van der Waals surface area contributed by atoms with Gasteiger partial charge in [-0.05, 0) is 35.0 Å². The second-order valence-electron chi connectivity index (χ2n) is 3.67. The lowest BCUT2D eigenvalue weighted by atomic mass is 9.93. The van der Waals surface area contributed by atoms with Crippen LogP contribution >= 0.6 is 15.9 Å². The number of rotatable bonds is 5. The molecule has 2 atom stereocenters. The Morgan fingerprint density at radius 1 is 1.53 bits per heavy atom. The molecular weight excluding hydrogens is 256 g/mol. The van der Waals surface area contributed by atoms with Crippen LogP contribution in [0.1, 0.15) is 31.4 Å². The minimum atomic E-state index is -0.514. The first kappa shape index (κ1) is 12.6.